The molecule has 3 heterocycles. The Hall–Kier alpha value is -4.50. The molecule has 1 amide bonds. The topological polar surface area (TPSA) is 108 Å². The summed E-state index contributed by atoms with van der Waals surface area (Å²) in [4.78, 5) is 30.5. The van der Waals surface area contributed by atoms with Crippen LogP contribution in [0.3, 0.4) is 0 Å². The van der Waals surface area contributed by atoms with Crippen molar-refractivity contribution in [3.63, 3.8) is 0 Å². The number of nitrogens with zero attached hydrogens (tertiary/aromatic N) is 2. The molecule has 0 aliphatic carbocycles. The molecule has 9 heteroatoms. The number of carbonyl (C=O) groups is 2. The number of furan rings is 1. The number of anilines is 1. The van der Waals surface area contributed by atoms with Crippen LogP contribution in [0.25, 0.3) is 11.3 Å². The van der Waals surface area contributed by atoms with E-state index in [9.17, 15) is 14.7 Å². The summed E-state index contributed by atoms with van der Waals surface area (Å²) in [5.41, 5.74) is 3.36. The van der Waals surface area contributed by atoms with Crippen molar-refractivity contribution in [2.24, 2.45) is 0 Å². The number of hydrogen-bond donors (Lipinski definition) is 3. The molecule has 192 valence electrons. The van der Waals surface area contributed by atoms with Crippen molar-refractivity contribution in [2.45, 2.75) is 25.4 Å². The smallest absolute Gasteiger partial charge is 0.335 e. The second-order valence-electron chi connectivity index (χ2n) is 9.02. The fourth-order valence-electron chi connectivity index (χ4n) is 4.65. The average molecular weight is 527 g/mol. The lowest BCUT2D eigenvalue weighted by atomic mass is 10.0. The summed E-state index contributed by atoms with van der Waals surface area (Å²) in [5, 5.41) is 16.1. The van der Waals surface area contributed by atoms with Crippen molar-refractivity contribution in [1.82, 2.24) is 15.2 Å². The summed E-state index contributed by atoms with van der Waals surface area (Å²) in [7, 11) is 0. The van der Waals surface area contributed by atoms with E-state index in [1.165, 1.54) is 0 Å². The molecule has 0 unspecified atom stereocenters. The van der Waals surface area contributed by atoms with E-state index >= 15 is 0 Å². The van der Waals surface area contributed by atoms with Gasteiger partial charge in [-0.3, -0.25) is 9.78 Å². The molecule has 8 nitrogen and oxygen atoms in total. The highest BCUT2D eigenvalue weighted by atomic mass is 32.1. The van der Waals surface area contributed by atoms with Gasteiger partial charge in [-0.25, -0.2) is 4.79 Å². The third-order valence-corrected chi connectivity index (χ3v) is 6.84. The van der Waals surface area contributed by atoms with Crippen molar-refractivity contribution < 1.29 is 19.1 Å². The number of rotatable bonds is 8. The summed E-state index contributed by atoms with van der Waals surface area (Å²) >= 11 is 5.69. The molecule has 2 atom stereocenters. The van der Waals surface area contributed by atoms with Crippen LogP contribution in [0.2, 0.25) is 0 Å². The second-order valence-corrected chi connectivity index (χ2v) is 9.41. The van der Waals surface area contributed by atoms with Crippen molar-refractivity contribution >= 4 is 34.9 Å². The summed E-state index contributed by atoms with van der Waals surface area (Å²) in [6.45, 7) is 2.23. The Morgan fingerprint density at radius 2 is 1.87 bits per heavy atom. The van der Waals surface area contributed by atoms with Crippen molar-refractivity contribution in [2.75, 3.05) is 11.9 Å². The minimum absolute atomic E-state index is 0.117. The number of aromatic nitrogens is 1. The van der Waals surface area contributed by atoms with Crippen LogP contribution in [-0.2, 0) is 4.79 Å². The van der Waals surface area contributed by atoms with E-state index in [4.69, 9.17) is 16.6 Å². The third kappa shape index (κ3) is 5.28. The maximum absolute atomic E-state index is 12.7. The van der Waals surface area contributed by atoms with Crippen LogP contribution in [0.5, 0.6) is 0 Å². The summed E-state index contributed by atoms with van der Waals surface area (Å²) in [6.07, 6.45) is 1.96. The number of carboxylic acids is 1. The third-order valence-electron chi connectivity index (χ3n) is 6.49. The zero-order valence-corrected chi connectivity index (χ0v) is 21.4. The maximum Gasteiger partial charge on any atom is 0.335 e. The predicted molar refractivity (Wildman–Crippen MR) is 148 cm³/mol. The number of aromatic carboxylic acids is 1. The molecular weight excluding hydrogens is 500 g/mol. The monoisotopic (exact) mass is 526 g/mol. The SMILES string of the molecule is Cc1cc(C(=O)O)ccc1-c1ccc([C@H]2[C@H](c3ccccn3)NC(=S)N2CCC(=O)Nc2ccccc2)o1. The number of carboxylic acid groups (broad SMARTS) is 1. The van der Waals surface area contributed by atoms with Gasteiger partial charge in [0.15, 0.2) is 5.11 Å². The van der Waals surface area contributed by atoms with Crippen molar-refractivity contribution in [3.8, 4) is 11.3 Å². The molecular formula is C29H26N4O4S. The van der Waals surface area contributed by atoms with E-state index in [1.54, 1.807) is 24.4 Å². The van der Waals surface area contributed by atoms with E-state index < -0.39 is 5.97 Å². The molecule has 0 radical (unpaired) electrons. The van der Waals surface area contributed by atoms with Gasteiger partial charge in [0.25, 0.3) is 0 Å². The van der Waals surface area contributed by atoms with Gasteiger partial charge in [0.05, 0.1) is 17.3 Å². The van der Waals surface area contributed by atoms with Crippen molar-refractivity contribution in [1.29, 1.82) is 0 Å². The molecule has 0 spiro atoms. The Balaban J connectivity index is 1.42. The predicted octanol–water partition coefficient (Wildman–Crippen LogP) is 5.35. The Bertz CT molecular complexity index is 1470. The minimum atomic E-state index is -0.976. The van der Waals surface area contributed by atoms with Crippen LogP contribution in [0.15, 0.2) is 89.5 Å². The molecule has 0 saturated carbocycles. The molecule has 1 fully saturated rings. The molecule has 3 N–H and O–H groups in total. The zero-order chi connectivity index (χ0) is 26.6. The Labute approximate surface area is 225 Å². The number of pyridine rings is 1. The summed E-state index contributed by atoms with van der Waals surface area (Å²) in [5.74, 6) is 0.186. The lowest BCUT2D eigenvalue weighted by Crippen LogP contribution is -2.32. The van der Waals surface area contributed by atoms with Gasteiger partial charge in [0, 0.05) is 30.4 Å². The number of amides is 1. The van der Waals surface area contributed by atoms with Crippen LogP contribution in [0, 0.1) is 6.92 Å². The van der Waals surface area contributed by atoms with Gasteiger partial charge < -0.3 is 25.1 Å². The number of benzene rings is 2. The summed E-state index contributed by atoms with van der Waals surface area (Å²) < 4.78 is 6.35. The minimum Gasteiger partial charge on any atom is -0.478 e. The molecule has 1 saturated heterocycles. The normalized spacial score (nSPS) is 16.8. The number of thiocarbonyl (C=S) groups is 1. The molecule has 38 heavy (non-hydrogen) atoms. The second kappa shape index (κ2) is 10.9. The first-order chi connectivity index (χ1) is 18.4. The number of carbonyl (C=O) groups excluding carboxylic acids is 1. The first-order valence-electron chi connectivity index (χ1n) is 12.2. The van der Waals surface area contributed by atoms with E-state index in [-0.39, 0.29) is 30.0 Å². The van der Waals surface area contributed by atoms with Crippen LogP contribution in [-0.4, -0.2) is 38.5 Å². The van der Waals surface area contributed by atoms with Crippen LogP contribution < -0.4 is 10.6 Å². The van der Waals surface area contributed by atoms with Crippen LogP contribution in [0.4, 0.5) is 5.69 Å². The molecule has 1 aliphatic rings. The zero-order valence-electron chi connectivity index (χ0n) is 20.6. The Morgan fingerprint density at radius 3 is 2.58 bits per heavy atom. The van der Waals surface area contributed by atoms with Crippen LogP contribution >= 0.6 is 12.2 Å². The van der Waals surface area contributed by atoms with Gasteiger partial charge in [-0.2, -0.15) is 0 Å². The van der Waals surface area contributed by atoms with Crippen LogP contribution in [0.1, 0.15) is 45.9 Å². The fraction of sp³-hybridized carbons (Fsp3) is 0.172. The maximum atomic E-state index is 12.7. The molecule has 1 aliphatic heterocycles. The van der Waals surface area contributed by atoms with Gasteiger partial charge in [-0.1, -0.05) is 30.3 Å². The lowest BCUT2D eigenvalue weighted by Gasteiger charge is -2.25. The quantitative estimate of drug-likeness (QED) is 0.264. The first-order valence-corrected chi connectivity index (χ1v) is 12.6. The van der Waals surface area contributed by atoms with E-state index in [1.807, 2.05) is 72.5 Å². The number of nitrogens with one attached hydrogen (secondary N) is 2. The molecule has 5 rings (SSSR count). The van der Waals surface area contributed by atoms with Gasteiger partial charge >= 0.3 is 5.97 Å². The highest BCUT2D eigenvalue weighted by Gasteiger charge is 2.41. The average Bonchev–Trinajstić information content (AvgIpc) is 3.52. The largest absolute Gasteiger partial charge is 0.478 e. The lowest BCUT2D eigenvalue weighted by molar-refractivity contribution is -0.116. The molecule has 4 aromatic rings. The Kier molecular flexibility index (Phi) is 7.19. The van der Waals surface area contributed by atoms with E-state index in [0.29, 0.717) is 23.2 Å². The molecule has 2 aromatic carbocycles. The summed E-state index contributed by atoms with van der Waals surface area (Å²) in [6, 6.07) is 23.1. The Morgan fingerprint density at radius 1 is 1.08 bits per heavy atom. The van der Waals surface area contributed by atoms with E-state index in [0.717, 1.165) is 22.5 Å². The van der Waals surface area contributed by atoms with Gasteiger partial charge in [-0.15, -0.1) is 0 Å². The van der Waals surface area contributed by atoms with Gasteiger partial charge in [0.1, 0.15) is 17.6 Å². The fourth-order valence-corrected chi connectivity index (χ4v) is 4.98. The highest BCUT2D eigenvalue weighted by Crippen LogP contribution is 2.40. The number of para-hydroxylation sites is 1. The molecule has 2 aromatic heterocycles. The number of aryl methyl sites for hydroxylation is 1. The first kappa shape index (κ1) is 25.2. The molecule has 0 bridgehead atoms. The number of hydrogen-bond acceptors (Lipinski definition) is 5. The highest BCUT2D eigenvalue weighted by molar-refractivity contribution is 7.80. The van der Waals surface area contributed by atoms with E-state index in [2.05, 4.69) is 15.6 Å². The van der Waals surface area contributed by atoms with Gasteiger partial charge in [0.2, 0.25) is 5.91 Å². The van der Waals surface area contributed by atoms with Crippen molar-refractivity contribution in [3.05, 3.63) is 108 Å². The standard InChI is InChI=1S/C29H26N4O4S/c1-18-17-19(28(35)36)10-11-21(18)23-12-13-24(37-23)27-26(22-9-5-6-15-30-22)32-29(38)33(27)16-14-25(34)31-20-7-3-2-4-8-20/h2-13,15,17,26-27H,14,16H2,1H3,(H,31,34)(H,32,38)(H,35,36)/t26-,27-/m0/s1. The van der Waals surface area contributed by atoms with Gasteiger partial charge in [-0.05, 0) is 73.2 Å².